The Balaban J connectivity index is 2.21. The molecule has 0 bridgehead atoms. The number of hydrogen-bond acceptors (Lipinski definition) is 5. The lowest BCUT2D eigenvalue weighted by Crippen LogP contribution is -2.50. The van der Waals surface area contributed by atoms with Crippen LogP contribution in [-0.2, 0) is 16.1 Å². The number of benzene rings is 2. The summed E-state index contributed by atoms with van der Waals surface area (Å²) in [7, 11) is 3.09. The van der Waals surface area contributed by atoms with E-state index in [1.54, 1.807) is 39.3 Å². The number of carbonyl (C=O) groups excluding carboxylic acids is 2. The maximum atomic E-state index is 13.1. The molecule has 0 aliphatic heterocycles. The fraction of sp³-hybridized carbons (Fsp3) is 0.417. The molecule has 1 N–H and O–H groups in total. The summed E-state index contributed by atoms with van der Waals surface area (Å²) in [5.74, 6) is 1.06. The topological polar surface area (TPSA) is 77.1 Å². The van der Waals surface area contributed by atoms with Crippen molar-refractivity contribution in [3.63, 3.8) is 0 Å². The summed E-state index contributed by atoms with van der Waals surface area (Å²) < 4.78 is 16.2. The second kappa shape index (κ2) is 11.2. The number of hydrogen-bond donors (Lipinski definition) is 1. The second-order valence-electron chi connectivity index (χ2n) is 7.62. The van der Waals surface area contributed by atoms with Gasteiger partial charge in [-0.2, -0.15) is 0 Å². The van der Waals surface area contributed by atoms with Gasteiger partial charge >= 0.3 is 0 Å². The smallest absolute Gasteiger partial charge is 0.261 e. The molecule has 0 spiro atoms. The maximum Gasteiger partial charge on any atom is 0.261 e. The standard InChI is InChI=1S/C24H32N2O5/c1-16(2)25-24(28)18(4)26(14-19-10-8-7-9-17(19)3)23(27)15-31-22-12-20(29-5)11-21(13-22)30-6/h7-13,16,18H,14-15H2,1-6H3,(H,25,28)/t18-/m0/s1. The lowest BCUT2D eigenvalue weighted by molar-refractivity contribution is -0.142. The summed E-state index contributed by atoms with van der Waals surface area (Å²) in [5, 5.41) is 2.88. The third-order valence-corrected chi connectivity index (χ3v) is 4.89. The van der Waals surface area contributed by atoms with E-state index in [1.807, 2.05) is 45.0 Å². The number of carbonyl (C=O) groups is 2. The van der Waals surface area contributed by atoms with Gasteiger partial charge in [0.1, 0.15) is 23.3 Å². The summed E-state index contributed by atoms with van der Waals surface area (Å²) in [6, 6.07) is 12.2. The van der Waals surface area contributed by atoms with E-state index in [-0.39, 0.29) is 24.5 Å². The molecule has 0 aliphatic rings. The molecule has 7 nitrogen and oxygen atoms in total. The van der Waals surface area contributed by atoms with Crippen LogP contribution in [0.25, 0.3) is 0 Å². The normalized spacial score (nSPS) is 11.6. The van der Waals surface area contributed by atoms with Crippen LogP contribution in [0.4, 0.5) is 0 Å². The van der Waals surface area contributed by atoms with Crippen LogP contribution in [0.5, 0.6) is 17.2 Å². The monoisotopic (exact) mass is 428 g/mol. The van der Waals surface area contributed by atoms with Crippen molar-refractivity contribution in [3.8, 4) is 17.2 Å². The van der Waals surface area contributed by atoms with Gasteiger partial charge in [0.15, 0.2) is 6.61 Å². The summed E-state index contributed by atoms with van der Waals surface area (Å²) in [6.07, 6.45) is 0. The zero-order valence-corrected chi connectivity index (χ0v) is 19.1. The number of ether oxygens (including phenoxy) is 3. The molecule has 0 aromatic heterocycles. The largest absolute Gasteiger partial charge is 0.496 e. The van der Waals surface area contributed by atoms with Crippen LogP contribution in [0.1, 0.15) is 31.9 Å². The van der Waals surface area contributed by atoms with E-state index in [0.717, 1.165) is 11.1 Å². The molecular formula is C24H32N2O5. The average Bonchev–Trinajstić information content (AvgIpc) is 2.75. The molecule has 7 heteroatoms. The van der Waals surface area contributed by atoms with Crippen LogP contribution in [0.3, 0.4) is 0 Å². The Labute approximate surface area is 184 Å². The van der Waals surface area contributed by atoms with Crippen molar-refractivity contribution in [2.45, 2.75) is 46.3 Å². The van der Waals surface area contributed by atoms with Crippen molar-refractivity contribution in [3.05, 3.63) is 53.6 Å². The molecule has 168 valence electrons. The van der Waals surface area contributed by atoms with Crippen molar-refractivity contribution in [2.24, 2.45) is 0 Å². The SMILES string of the molecule is COc1cc(OC)cc(OCC(=O)N(Cc2ccccc2C)[C@@H](C)C(=O)NC(C)C)c1. The van der Waals surface area contributed by atoms with Gasteiger partial charge in [-0.3, -0.25) is 9.59 Å². The van der Waals surface area contributed by atoms with E-state index >= 15 is 0 Å². The molecule has 0 heterocycles. The highest BCUT2D eigenvalue weighted by Gasteiger charge is 2.27. The Kier molecular flexibility index (Phi) is 8.73. The lowest BCUT2D eigenvalue weighted by atomic mass is 10.1. The van der Waals surface area contributed by atoms with Gasteiger partial charge in [0.2, 0.25) is 5.91 Å². The first kappa shape index (κ1) is 24.1. The molecule has 0 saturated heterocycles. The van der Waals surface area contributed by atoms with Crippen LogP contribution in [0.15, 0.2) is 42.5 Å². The van der Waals surface area contributed by atoms with Crippen molar-refractivity contribution in [2.75, 3.05) is 20.8 Å². The van der Waals surface area contributed by atoms with Gasteiger partial charge in [0, 0.05) is 30.8 Å². The zero-order chi connectivity index (χ0) is 23.0. The molecule has 31 heavy (non-hydrogen) atoms. The number of aryl methyl sites for hydroxylation is 1. The van der Waals surface area contributed by atoms with Crippen LogP contribution < -0.4 is 19.5 Å². The van der Waals surface area contributed by atoms with Gasteiger partial charge in [0.25, 0.3) is 5.91 Å². The zero-order valence-electron chi connectivity index (χ0n) is 19.1. The molecule has 0 fully saturated rings. The molecule has 2 aromatic rings. The quantitative estimate of drug-likeness (QED) is 0.628. The second-order valence-corrected chi connectivity index (χ2v) is 7.62. The van der Waals surface area contributed by atoms with Crippen molar-refractivity contribution >= 4 is 11.8 Å². The molecule has 2 rings (SSSR count). The third kappa shape index (κ3) is 6.91. The van der Waals surface area contributed by atoms with Gasteiger partial charge in [-0.25, -0.2) is 0 Å². The van der Waals surface area contributed by atoms with Crippen molar-refractivity contribution in [1.82, 2.24) is 10.2 Å². The Bertz CT molecular complexity index is 875. The van der Waals surface area contributed by atoms with E-state index in [2.05, 4.69) is 5.32 Å². The first-order valence-electron chi connectivity index (χ1n) is 10.2. The molecule has 0 unspecified atom stereocenters. The summed E-state index contributed by atoms with van der Waals surface area (Å²) in [4.78, 5) is 27.3. The summed E-state index contributed by atoms with van der Waals surface area (Å²) in [6.45, 7) is 7.57. The Morgan fingerprint density at radius 1 is 0.968 bits per heavy atom. The fourth-order valence-corrected chi connectivity index (χ4v) is 3.05. The number of rotatable bonds is 10. The van der Waals surface area contributed by atoms with E-state index in [4.69, 9.17) is 14.2 Å². The third-order valence-electron chi connectivity index (χ3n) is 4.89. The lowest BCUT2D eigenvalue weighted by Gasteiger charge is -2.29. The molecule has 1 atom stereocenters. The van der Waals surface area contributed by atoms with Crippen molar-refractivity contribution < 1.29 is 23.8 Å². The van der Waals surface area contributed by atoms with E-state index in [1.165, 1.54) is 4.90 Å². The van der Waals surface area contributed by atoms with Crippen LogP contribution >= 0.6 is 0 Å². The summed E-state index contributed by atoms with van der Waals surface area (Å²) in [5.41, 5.74) is 2.03. The van der Waals surface area contributed by atoms with Crippen LogP contribution in [0, 0.1) is 6.92 Å². The first-order chi connectivity index (χ1) is 14.7. The number of nitrogens with zero attached hydrogens (tertiary/aromatic N) is 1. The molecule has 0 aliphatic carbocycles. The minimum absolute atomic E-state index is 0.0224. The van der Waals surface area contributed by atoms with Crippen LogP contribution in [0.2, 0.25) is 0 Å². The fourth-order valence-electron chi connectivity index (χ4n) is 3.05. The predicted molar refractivity (Wildman–Crippen MR) is 120 cm³/mol. The highest BCUT2D eigenvalue weighted by molar-refractivity contribution is 5.88. The minimum Gasteiger partial charge on any atom is -0.496 e. The Hall–Kier alpha value is -3.22. The van der Waals surface area contributed by atoms with Crippen LogP contribution in [-0.4, -0.2) is 49.6 Å². The number of amides is 2. The molecule has 0 saturated carbocycles. The van der Waals surface area contributed by atoms with Gasteiger partial charge in [-0.15, -0.1) is 0 Å². The highest BCUT2D eigenvalue weighted by atomic mass is 16.5. The molecule has 2 amide bonds. The Morgan fingerprint density at radius 2 is 1.55 bits per heavy atom. The van der Waals surface area contributed by atoms with E-state index in [0.29, 0.717) is 23.8 Å². The summed E-state index contributed by atoms with van der Waals surface area (Å²) >= 11 is 0. The van der Waals surface area contributed by atoms with Gasteiger partial charge in [-0.05, 0) is 38.8 Å². The van der Waals surface area contributed by atoms with Crippen molar-refractivity contribution in [1.29, 1.82) is 0 Å². The molecule has 0 radical (unpaired) electrons. The van der Waals surface area contributed by atoms with E-state index < -0.39 is 6.04 Å². The molecular weight excluding hydrogens is 396 g/mol. The average molecular weight is 429 g/mol. The Morgan fingerprint density at radius 3 is 2.10 bits per heavy atom. The highest BCUT2D eigenvalue weighted by Crippen LogP contribution is 2.27. The number of methoxy groups -OCH3 is 2. The maximum absolute atomic E-state index is 13.1. The van der Waals surface area contributed by atoms with Gasteiger partial charge < -0.3 is 24.4 Å². The number of nitrogens with one attached hydrogen (secondary N) is 1. The first-order valence-corrected chi connectivity index (χ1v) is 10.2. The van der Waals surface area contributed by atoms with E-state index in [9.17, 15) is 9.59 Å². The van der Waals surface area contributed by atoms with Gasteiger partial charge in [-0.1, -0.05) is 24.3 Å². The van der Waals surface area contributed by atoms with Gasteiger partial charge in [0.05, 0.1) is 14.2 Å². The molecule has 2 aromatic carbocycles. The predicted octanol–water partition coefficient (Wildman–Crippen LogP) is 3.33. The minimum atomic E-state index is -0.655.